The Labute approximate surface area is 417 Å². The molecule has 0 saturated heterocycles. The molecular formula is C56H66S8. The van der Waals surface area contributed by atoms with E-state index in [0.29, 0.717) is 0 Å². The second-order valence-electron chi connectivity index (χ2n) is 17.4. The summed E-state index contributed by atoms with van der Waals surface area (Å²) in [5.74, 6) is 0. The molecule has 0 aliphatic carbocycles. The Bertz CT molecular complexity index is 2420. The van der Waals surface area contributed by atoms with Gasteiger partial charge in [-0.1, -0.05) is 105 Å². The summed E-state index contributed by atoms with van der Waals surface area (Å²) in [4.78, 5) is 20.2. The van der Waals surface area contributed by atoms with Crippen molar-refractivity contribution < 1.29 is 0 Å². The lowest BCUT2D eigenvalue weighted by molar-refractivity contribution is 0.668. The number of aryl methyl sites for hydroxylation is 4. The van der Waals surface area contributed by atoms with Crippen molar-refractivity contribution in [1.29, 1.82) is 0 Å². The van der Waals surface area contributed by atoms with Gasteiger partial charge in [0.05, 0.1) is 0 Å². The van der Waals surface area contributed by atoms with Crippen LogP contribution in [-0.4, -0.2) is 0 Å². The summed E-state index contributed by atoms with van der Waals surface area (Å²) in [5, 5.41) is 4.59. The van der Waals surface area contributed by atoms with Crippen LogP contribution in [0.1, 0.15) is 153 Å². The molecule has 338 valence electrons. The molecule has 0 fully saturated rings. The predicted molar refractivity (Wildman–Crippen MR) is 299 cm³/mol. The van der Waals surface area contributed by atoms with Crippen molar-refractivity contribution in [2.75, 3.05) is 0 Å². The van der Waals surface area contributed by atoms with E-state index in [1.165, 1.54) is 195 Å². The maximum atomic E-state index is 2.58. The van der Waals surface area contributed by atoms with Crippen LogP contribution in [-0.2, 0) is 25.7 Å². The Hall–Kier alpha value is -2.40. The van der Waals surface area contributed by atoms with Crippen LogP contribution in [0.2, 0.25) is 0 Å². The molecule has 0 unspecified atom stereocenters. The van der Waals surface area contributed by atoms with E-state index in [1.54, 1.807) is 11.1 Å². The molecule has 8 heteroatoms. The van der Waals surface area contributed by atoms with Gasteiger partial charge in [0.25, 0.3) is 0 Å². The quantitative estimate of drug-likeness (QED) is 0.0451. The highest BCUT2D eigenvalue weighted by atomic mass is 32.1. The predicted octanol–water partition coefficient (Wildman–Crippen LogP) is 22.3. The maximum Gasteiger partial charge on any atom is 0.0481 e. The number of hydrogen-bond donors (Lipinski definition) is 0. The first kappa shape index (κ1) is 48.1. The second-order valence-corrected chi connectivity index (χ2v) is 25.6. The molecule has 0 bridgehead atoms. The van der Waals surface area contributed by atoms with Crippen LogP contribution in [0.15, 0.2) is 83.6 Å². The van der Waals surface area contributed by atoms with E-state index in [4.69, 9.17) is 0 Å². The molecule has 0 nitrogen and oxygen atoms in total. The molecule has 8 rings (SSSR count). The Morgan fingerprint density at radius 2 is 0.562 bits per heavy atom. The minimum Gasteiger partial charge on any atom is -0.143 e. The van der Waals surface area contributed by atoms with E-state index in [1.807, 2.05) is 90.7 Å². The zero-order valence-electron chi connectivity index (χ0n) is 38.5. The maximum absolute atomic E-state index is 2.58. The van der Waals surface area contributed by atoms with Crippen LogP contribution in [0.4, 0.5) is 0 Å². The van der Waals surface area contributed by atoms with Crippen LogP contribution in [0, 0.1) is 0 Å². The van der Waals surface area contributed by atoms with Gasteiger partial charge in [-0.3, -0.25) is 0 Å². The van der Waals surface area contributed by atoms with Crippen molar-refractivity contribution in [3.63, 3.8) is 0 Å². The first-order valence-corrected chi connectivity index (χ1v) is 31.0. The lowest BCUT2D eigenvalue weighted by Crippen LogP contribution is -1.85. The van der Waals surface area contributed by atoms with E-state index in [9.17, 15) is 0 Å². The molecule has 8 aromatic heterocycles. The minimum absolute atomic E-state index is 1.16. The lowest BCUT2D eigenvalue weighted by atomic mass is 10.0. The minimum atomic E-state index is 1.16. The van der Waals surface area contributed by atoms with Gasteiger partial charge in [0.15, 0.2) is 0 Å². The van der Waals surface area contributed by atoms with Gasteiger partial charge in [0, 0.05) is 68.3 Å². The average molecular weight is 996 g/mol. The third-order valence-electron chi connectivity index (χ3n) is 12.4. The standard InChI is InChI=1S/C56H66S8/c1-5-9-13-17-21-39-33-35-57-53(39)47-29-25-43(59-47)45-27-31-49(61-45)55-41(23-19-15-11-7-3)37-51(63-55)52-38-42(24-20-16-12-8-4)56(64-52)50-32-28-46(62-50)44-26-30-48(60-44)54-40(34-36-58-54)22-18-14-10-6-2/h25-38H,5-24H2,1-4H3. The van der Waals surface area contributed by atoms with E-state index in [2.05, 4.69) is 111 Å². The topological polar surface area (TPSA) is 0 Å². The highest BCUT2D eigenvalue weighted by Gasteiger charge is 2.21. The average Bonchev–Trinajstić information content (AvgIpc) is 4.15. The van der Waals surface area contributed by atoms with E-state index in [-0.39, 0.29) is 0 Å². The third-order valence-corrected chi connectivity index (χ3v) is 22.3. The van der Waals surface area contributed by atoms with E-state index >= 15 is 0 Å². The number of hydrogen-bond acceptors (Lipinski definition) is 8. The molecule has 0 radical (unpaired) electrons. The Kier molecular flexibility index (Phi) is 18.5. The SMILES string of the molecule is CCCCCCc1ccsc1-c1ccc(-c2ccc(-c3sc(-c4cc(CCCCCC)c(-c5ccc(-c6ccc(-c7sccc7CCCCCC)s6)s5)s4)cc3CCCCCC)s2)s1. The Morgan fingerprint density at radius 3 is 0.891 bits per heavy atom. The first-order chi connectivity index (χ1) is 31.6. The highest BCUT2D eigenvalue weighted by molar-refractivity contribution is 7.31. The molecule has 0 aromatic carbocycles. The molecule has 0 atom stereocenters. The van der Waals surface area contributed by atoms with Crippen LogP contribution < -0.4 is 0 Å². The van der Waals surface area contributed by atoms with Gasteiger partial charge < -0.3 is 0 Å². The fourth-order valence-corrected chi connectivity index (χ4v) is 18.0. The fraction of sp³-hybridized carbons (Fsp3) is 0.429. The number of rotatable bonds is 27. The number of unbranched alkanes of at least 4 members (excludes halogenated alkanes) is 12. The summed E-state index contributed by atoms with van der Waals surface area (Å²) in [6.07, 6.45) is 25.6. The number of thiophene rings is 8. The summed E-state index contributed by atoms with van der Waals surface area (Å²) >= 11 is 15.9. The summed E-state index contributed by atoms with van der Waals surface area (Å²) in [7, 11) is 0. The Balaban J connectivity index is 1.05. The van der Waals surface area contributed by atoms with E-state index < -0.39 is 0 Å². The molecule has 64 heavy (non-hydrogen) atoms. The molecular weight excluding hydrogens is 929 g/mol. The fourth-order valence-electron chi connectivity index (χ4n) is 8.72. The van der Waals surface area contributed by atoms with Gasteiger partial charge >= 0.3 is 0 Å². The van der Waals surface area contributed by atoms with Crippen LogP contribution in [0.25, 0.3) is 68.3 Å². The van der Waals surface area contributed by atoms with Crippen molar-refractivity contribution >= 4 is 90.7 Å². The first-order valence-electron chi connectivity index (χ1n) is 24.4. The molecule has 8 aromatic rings. The van der Waals surface area contributed by atoms with Crippen molar-refractivity contribution in [2.45, 2.75) is 156 Å². The molecule has 0 amide bonds. The van der Waals surface area contributed by atoms with Crippen molar-refractivity contribution in [1.82, 2.24) is 0 Å². The summed E-state index contributed by atoms with van der Waals surface area (Å²) in [6.45, 7) is 9.24. The van der Waals surface area contributed by atoms with Crippen molar-refractivity contribution in [3.05, 3.63) is 106 Å². The molecule has 0 aliphatic rings. The lowest BCUT2D eigenvalue weighted by Gasteiger charge is -2.02. The van der Waals surface area contributed by atoms with Crippen molar-refractivity contribution in [2.24, 2.45) is 0 Å². The molecule has 0 aliphatic heterocycles. The van der Waals surface area contributed by atoms with E-state index in [0.717, 1.165) is 12.8 Å². The van der Waals surface area contributed by atoms with Crippen molar-refractivity contribution in [3.8, 4) is 68.3 Å². The Morgan fingerprint density at radius 1 is 0.266 bits per heavy atom. The second kappa shape index (κ2) is 24.6. The van der Waals surface area contributed by atoms with Gasteiger partial charge in [-0.25, -0.2) is 0 Å². The summed E-state index contributed by atoms with van der Waals surface area (Å²) in [5.41, 5.74) is 6.16. The van der Waals surface area contributed by atoms with Crippen LogP contribution in [0.5, 0.6) is 0 Å². The molecule has 0 N–H and O–H groups in total. The molecule has 8 heterocycles. The summed E-state index contributed by atoms with van der Waals surface area (Å²) in [6, 6.07) is 29.0. The summed E-state index contributed by atoms with van der Waals surface area (Å²) < 4.78 is 0. The van der Waals surface area contributed by atoms with Crippen LogP contribution >= 0.6 is 90.7 Å². The molecule has 0 spiro atoms. The normalized spacial score (nSPS) is 11.8. The van der Waals surface area contributed by atoms with Gasteiger partial charge in [-0.2, -0.15) is 0 Å². The molecule has 0 saturated carbocycles. The van der Waals surface area contributed by atoms with Crippen LogP contribution in [0.3, 0.4) is 0 Å². The zero-order valence-corrected chi connectivity index (χ0v) is 45.0. The van der Waals surface area contributed by atoms with Gasteiger partial charge in [0.2, 0.25) is 0 Å². The third kappa shape index (κ3) is 12.2. The zero-order chi connectivity index (χ0) is 44.1. The van der Waals surface area contributed by atoms with Gasteiger partial charge in [-0.15, -0.1) is 90.7 Å². The smallest absolute Gasteiger partial charge is 0.0481 e. The highest BCUT2D eigenvalue weighted by Crippen LogP contribution is 2.50. The van der Waals surface area contributed by atoms with Gasteiger partial charge in [0.1, 0.15) is 0 Å². The largest absolute Gasteiger partial charge is 0.143 e. The van der Waals surface area contributed by atoms with Gasteiger partial charge in [-0.05, 0) is 157 Å². The monoisotopic (exact) mass is 994 g/mol.